The Hall–Kier alpha value is -2.71. The van der Waals surface area contributed by atoms with Gasteiger partial charge in [-0.25, -0.2) is 8.42 Å². The van der Waals surface area contributed by atoms with Gasteiger partial charge in [0.15, 0.2) is 0 Å². The highest BCUT2D eigenvalue weighted by molar-refractivity contribution is 7.89. The van der Waals surface area contributed by atoms with Crippen LogP contribution < -0.4 is 5.32 Å². The van der Waals surface area contributed by atoms with Gasteiger partial charge in [0.1, 0.15) is 0 Å². The van der Waals surface area contributed by atoms with Crippen LogP contribution in [0, 0.1) is 6.92 Å². The topological polar surface area (TPSA) is 86.8 Å². The van der Waals surface area contributed by atoms with Crippen LogP contribution in [0.5, 0.6) is 0 Å². The molecule has 0 radical (unpaired) electrons. The van der Waals surface area contributed by atoms with Crippen LogP contribution in [0.1, 0.15) is 42.1 Å². The SMILES string of the molecule is Cc1ccc(NC(=O)CN(C)C(=O)c2ccc(S(=O)(=O)N3CCCC[C@H]3C)cc2)cc1. The Bertz CT molecular complexity index is 1030. The van der Waals surface area contributed by atoms with E-state index in [0.29, 0.717) is 17.8 Å². The van der Waals surface area contributed by atoms with Crippen molar-refractivity contribution in [2.75, 3.05) is 25.5 Å². The monoisotopic (exact) mass is 443 g/mol. The third-order valence-corrected chi connectivity index (χ3v) is 7.54. The predicted octanol–water partition coefficient (Wildman–Crippen LogP) is 3.27. The molecule has 0 bridgehead atoms. The first-order valence-electron chi connectivity index (χ1n) is 10.4. The van der Waals surface area contributed by atoms with Gasteiger partial charge >= 0.3 is 0 Å². The zero-order chi connectivity index (χ0) is 22.6. The Balaban J connectivity index is 1.63. The summed E-state index contributed by atoms with van der Waals surface area (Å²) in [7, 11) is -2.05. The Labute approximate surface area is 184 Å². The number of hydrogen-bond acceptors (Lipinski definition) is 4. The molecule has 3 rings (SSSR count). The van der Waals surface area contributed by atoms with Crippen LogP contribution in [-0.2, 0) is 14.8 Å². The predicted molar refractivity (Wildman–Crippen MR) is 120 cm³/mol. The number of likely N-dealkylation sites (N-methyl/N-ethyl adjacent to an activating group) is 1. The van der Waals surface area contributed by atoms with Crippen LogP contribution in [0.15, 0.2) is 53.4 Å². The minimum absolute atomic E-state index is 0.0294. The van der Waals surface area contributed by atoms with Gasteiger partial charge in [0, 0.05) is 30.9 Å². The second-order valence-electron chi connectivity index (χ2n) is 8.06. The van der Waals surface area contributed by atoms with E-state index in [2.05, 4.69) is 5.32 Å². The smallest absolute Gasteiger partial charge is 0.254 e. The van der Waals surface area contributed by atoms with Crippen molar-refractivity contribution in [2.24, 2.45) is 0 Å². The number of benzene rings is 2. The molecule has 2 amide bonds. The van der Waals surface area contributed by atoms with Gasteiger partial charge in [-0.2, -0.15) is 4.31 Å². The lowest BCUT2D eigenvalue weighted by atomic mass is 10.1. The molecule has 0 unspecified atom stereocenters. The van der Waals surface area contributed by atoms with Crippen molar-refractivity contribution >= 4 is 27.5 Å². The van der Waals surface area contributed by atoms with Crippen molar-refractivity contribution in [1.82, 2.24) is 9.21 Å². The molecule has 1 fully saturated rings. The average Bonchev–Trinajstić information content (AvgIpc) is 2.75. The van der Waals surface area contributed by atoms with E-state index < -0.39 is 10.0 Å². The Kier molecular flexibility index (Phi) is 7.12. The minimum Gasteiger partial charge on any atom is -0.332 e. The van der Waals surface area contributed by atoms with Gasteiger partial charge in [-0.05, 0) is 63.1 Å². The van der Waals surface area contributed by atoms with E-state index in [1.807, 2.05) is 26.0 Å². The molecular formula is C23H29N3O4S. The number of nitrogens with zero attached hydrogens (tertiary/aromatic N) is 2. The molecule has 166 valence electrons. The highest BCUT2D eigenvalue weighted by atomic mass is 32.2. The number of sulfonamides is 1. The lowest BCUT2D eigenvalue weighted by Gasteiger charge is -2.32. The highest BCUT2D eigenvalue weighted by Gasteiger charge is 2.31. The van der Waals surface area contributed by atoms with Crippen LogP contribution in [0.2, 0.25) is 0 Å². The first kappa shape index (κ1) is 23.0. The van der Waals surface area contributed by atoms with E-state index in [1.54, 1.807) is 12.1 Å². The summed E-state index contributed by atoms with van der Waals surface area (Å²) in [6, 6.07) is 13.3. The van der Waals surface area contributed by atoms with Crippen molar-refractivity contribution in [3.63, 3.8) is 0 Å². The number of aryl methyl sites for hydroxylation is 1. The number of carbonyl (C=O) groups is 2. The number of hydrogen-bond donors (Lipinski definition) is 1. The number of piperidine rings is 1. The summed E-state index contributed by atoms with van der Waals surface area (Å²) in [5.74, 6) is -0.660. The summed E-state index contributed by atoms with van der Waals surface area (Å²) < 4.78 is 27.4. The average molecular weight is 444 g/mol. The molecule has 1 aliphatic rings. The van der Waals surface area contributed by atoms with E-state index in [1.165, 1.54) is 40.5 Å². The van der Waals surface area contributed by atoms with Gasteiger partial charge < -0.3 is 10.2 Å². The van der Waals surface area contributed by atoms with Crippen LogP contribution >= 0.6 is 0 Å². The fourth-order valence-corrected chi connectivity index (χ4v) is 5.38. The molecule has 2 aromatic rings. The number of carbonyl (C=O) groups excluding carboxylic acids is 2. The number of nitrogens with one attached hydrogen (secondary N) is 1. The van der Waals surface area contributed by atoms with Crippen molar-refractivity contribution in [1.29, 1.82) is 0 Å². The molecular weight excluding hydrogens is 414 g/mol. The zero-order valence-corrected chi connectivity index (χ0v) is 19.0. The molecule has 1 atom stereocenters. The van der Waals surface area contributed by atoms with Crippen molar-refractivity contribution < 1.29 is 18.0 Å². The fraction of sp³-hybridized carbons (Fsp3) is 0.391. The van der Waals surface area contributed by atoms with Crippen molar-refractivity contribution in [2.45, 2.75) is 44.0 Å². The third kappa shape index (κ3) is 5.51. The van der Waals surface area contributed by atoms with Gasteiger partial charge in [0.05, 0.1) is 11.4 Å². The summed E-state index contributed by atoms with van der Waals surface area (Å²) >= 11 is 0. The first-order valence-corrected chi connectivity index (χ1v) is 11.9. The molecule has 1 heterocycles. The van der Waals surface area contributed by atoms with Gasteiger partial charge in [-0.1, -0.05) is 24.1 Å². The molecule has 31 heavy (non-hydrogen) atoms. The highest BCUT2D eigenvalue weighted by Crippen LogP contribution is 2.25. The van der Waals surface area contributed by atoms with E-state index in [-0.39, 0.29) is 29.3 Å². The maximum absolute atomic E-state index is 12.9. The third-order valence-electron chi connectivity index (χ3n) is 5.51. The lowest BCUT2D eigenvalue weighted by molar-refractivity contribution is -0.116. The quantitative estimate of drug-likeness (QED) is 0.742. The van der Waals surface area contributed by atoms with Crippen molar-refractivity contribution in [3.8, 4) is 0 Å². The molecule has 2 aromatic carbocycles. The molecule has 0 spiro atoms. The molecule has 0 saturated carbocycles. The second-order valence-corrected chi connectivity index (χ2v) is 9.95. The van der Waals surface area contributed by atoms with Crippen LogP contribution in [0.3, 0.4) is 0 Å². The summed E-state index contributed by atoms with van der Waals surface area (Å²) in [6.07, 6.45) is 2.74. The van der Waals surface area contributed by atoms with Gasteiger partial charge in [-0.15, -0.1) is 0 Å². The summed E-state index contributed by atoms with van der Waals surface area (Å²) in [5.41, 5.74) is 2.08. The molecule has 8 heteroatoms. The van der Waals surface area contributed by atoms with Crippen LogP contribution in [0.25, 0.3) is 0 Å². The number of rotatable bonds is 6. The normalized spacial score (nSPS) is 17.2. The molecule has 0 aromatic heterocycles. The maximum atomic E-state index is 12.9. The largest absolute Gasteiger partial charge is 0.332 e. The first-order chi connectivity index (χ1) is 14.7. The van der Waals surface area contributed by atoms with E-state index in [0.717, 1.165) is 24.8 Å². The second kappa shape index (κ2) is 9.62. The van der Waals surface area contributed by atoms with Gasteiger partial charge in [-0.3, -0.25) is 9.59 Å². The van der Waals surface area contributed by atoms with E-state index >= 15 is 0 Å². The minimum atomic E-state index is -3.59. The Morgan fingerprint density at radius 1 is 1.06 bits per heavy atom. The van der Waals surface area contributed by atoms with Crippen LogP contribution in [0.4, 0.5) is 5.69 Å². The molecule has 1 N–H and O–H groups in total. The fourth-order valence-electron chi connectivity index (χ4n) is 3.68. The standard InChI is InChI=1S/C23H29N3O4S/c1-17-7-11-20(12-8-17)24-22(27)16-25(3)23(28)19-9-13-21(14-10-19)31(29,30)26-15-5-4-6-18(26)2/h7-14,18H,4-6,15-16H2,1-3H3,(H,24,27)/t18-/m1/s1. The Morgan fingerprint density at radius 2 is 1.71 bits per heavy atom. The molecule has 7 nitrogen and oxygen atoms in total. The summed E-state index contributed by atoms with van der Waals surface area (Å²) in [4.78, 5) is 26.4. The summed E-state index contributed by atoms with van der Waals surface area (Å²) in [5, 5.41) is 2.76. The number of anilines is 1. The number of amides is 2. The van der Waals surface area contributed by atoms with Gasteiger partial charge in [0.2, 0.25) is 15.9 Å². The van der Waals surface area contributed by atoms with E-state index in [9.17, 15) is 18.0 Å². The molecule has 0 aliphatic carbocycles. The lowest BCUT2D eigenvalue weighted by Crippen LogP contribution is -2.41. The van der Waals surface area contributed by atoms with Gasteiger partial charge in [0.25, 0.3) is 5.91 Å². The summed E-state index contributed by atoms with van der Waals surface area (Å²) in [6.45, 7) is 4.29. The molecule has 1 saturated heterocycles. The zero-order valence-electron chi connectivity index (χ0n) is 18.2. The Morgan fingerprint density at radius 3 is 2.32 bits per heavy atom. The van der Waals surface area contributed by atoms with Crippen LogP contribution in [-0.4, -0.2) is 55.6 Å². The van der Waals surface area contributed by atoms with Crippen molar-refractivity contribution in [3.05, 3.63) is 59.7 Å². The maximum Gasteiger partial charge on any atom is 0.254 e. The van der Waals surface area contributed by atoms with E-state index in [4.69, 9.17) is 0 Å². The molecule has 1 aliphatic heterocycles.